The maximum absolute atomic E-state index is 12.9. The Morgan fingerprint density at radius 2 is 2.10 bits per heavy atom. The van der Waals surface area contributed by atoms with Crippen LogP contribution in [0.25, 0.3) is 0 Å². The van der Waals surface area contributed by atoms with Gasteiger partial charge in [0, 0.05) is 6.54 Å². The molecule has 1 amide bonds. The molecule has 0 radical (unpaired) electrons. The molecule has 1 N–H and O–H groups in total. The molecule has 1 atom stereocenters. The summed E-state index contributed by atoms with van der Waals surface area (Å²) in [5.41, 5.74) is 1.97. The molecule has 31 heavy (non-hydrogen) atoms. The van der Waals surface area contributed by atoms with E-state index in [1.807, 2.05) is 54.3 Å². The van der Waals surface area contributed by atoms with Gasteiger partial charge >= 0.3 is 0 Å². The number of ether oxygens (including phenoxy) is 1. The van der Waals surface area contributed by atoms with E-state index in [0.29, 0.717) is 13.0 Å². The monoisotopic (exact) mass is 437 g/mol. The molecule has 1 aliphatic rings. The van der Waals surface area contributed by atoms with Gasteiger partial charge in [-0.25, -0.2) is 4.98 Å². The number of amides is 1. The highest BCUT2D eigenvalue weighted by atomic mass is 32.1. The van der Waals surface area contributed by atoms with Crippen molar-refractivity contribution in [1.29, 1.82) is 0 Å². The number of aryl methyl sites for hydroxylation is 2. The number of rotatable bonds is 8. The minimum atomic E-state index is -0.00617. The van der Waals surface area contributed by atoms with Crippen LogP contribution in [0, 0.1) is 6.92 Å². The standard InChI is InChI=1S/C23H27N5O2S/c1-3-21-26-27-23(31-21)25-20-12-6-9-17(24-20)18-10-7-14-28(18)22(29)13-15-30-19-11-5-4-8-16(19)2/h4-6,8-9,11-12,18H,3,7,10,13-15H2,1-2H3,(H,24,25,27)/t18-/m1/s1. The van der Waals surface area contributed by atoms with Crippen LogP contribution in [0.4, 0.5) is 10.9 Å². The summed E-state index contributed by atoms with van der Waals surface area (Å²) in [6.07, 6.45) is 3.11. The third kappa shape index (κ3) is 5.19. The van der Waals surface area contributed by atoms with E-state index in [1.165, 1.54) is 11.3 Å². The molecule has 0 unspecified atom stereocenters. The van der Waals surface area contributed by atoms with Crippen molar-refractivity contribution in [3.63, 3.8) is 0 Å². The Kier molecular flexibility index (Phi) is 6.76. The second-order valence-corrected chi connectivity index (χ2v) is 8.60. The van der Waals surface area contributed by atoms with Gasteiger partial charge in [-0.1, -0.05) is 42.5 Å². The topological polar surface area (TPSA) is 80.2 Å². The summed E-state index contributed by atoms with van der Waals surface area (Å²) in [5.74, 6) is 1.66. The van der Waals surface area contributed by atoms with Gasteiger partial charge in [0.2, 0.25) is 11.0 Å². The molecule has 2 aromatic heterocycles. The van der Waals surface area contributed by atoms with E-state index in [2.05, 4.69) is 22.4 Å². The lowest BCUT2D eigenvalue weighted by molar-refractivity contribution is -0.132. The van der Waals surface area contributed by atoms with Crippen molar-refractivity contribution in [1.82, 2.24) is 20.1 Å². The molecule has 7 nitrogen and oxygen atoms in total. The summed E-state index contributed by atoms with van der Waals surface area (Å²) in [7, 11) is 0. The Hall–Kier alpha value is -3.00. The van der Waals surface area contributed by atoms with E-state index in [4.69, 9.17) is 9.72 Å². The second kappa shape index (κ2) is 9.87. The molecule has 0 aliphatic carbocycles. The quantitative estimate of drug-likeness (QED) is 0.551. The molecule has 1 aromatic carbocycles. The molecule has 3 heterocycles. The van der Waals surface area contributed by atoms with E-state index in [1.54, 1.807) is 0 Å². The van der Waals surface area contributed by atoms with Gasteiger partial charge in [-0.2, -0.15) is 0 Å². The Morgan fingerprint density at radius 1 is 1.23 bits per heavy atom. The molecule has 1 fully saturated rings. The largest absolute Gasteiger partial charge is 0.493 e. The number of likely N-dealkylation sites (tertiary alicyclic amines) is 1. The molecule has 1 saturated heterocycles. The van der Waals surface area contributed by atoms with E-state index in [9.17, 15) is 4.79 Å². The zero-order valence-corrected chi connectivity index (χ0v) is 18.7. The number of aromatic nitrogens is 3. The highest BCUT2D eigenvalue weighted by molar-refractivity contribution is 7.15. The minimum Gasteiger partial charge on any atom is -0.493 e. The summed E-state index contributed by atoms with van der Waals surface area (Å²) in [5, 5.41) is 13.2. The van der Waals surface area contributed by atoms with Crippen LogP contribution in [-0.4, -0.2) is 39.1 Å². The van der Waals surface area contributed by atoms with Crippen LogP contribution in [0.2, 0.25) is 0 Å². The van der Waals surface area contributed by atoms with Crippen molar-refractivity contribution in [3.05, 3.63) is 58.7 Å². The van der Waals surface area contributed by atoms with Crippen LogP contribution in [-0.2, 0) is 11.2 Å². The van der Waals surface area contributed by atoms with Gasteiger partial charge in [0.15, 0.2) is 0 Å². The summed E-state index contributed by atoms with van der Waals surface area (Å²) < 4.78 is 5.82. The summed E-state index contributed by atoms with van der Waals surface area (Å²) >= 11 is 1.53. The molecule has 8 heteroatoms. The van der Waals surface area contributed by atoms with Gasteiger partial charge in [0.05, 0.1) is 24.8 Å². The Bertz CT molecular complexity index is 1040. The van der Waals surface area contributed by atoms with Crippen LogP contribution in [0.3, 0.4) is 0 Å². The first-order valence-electron chi connectivity index (χ1n) is 10.7. The lowest BCUT2D eigenvalue weighted by Crippen LogP contribution is -2.32. The highest BCUT2D eigenvalue weighted by Crippen LogP contribution is 2.32. The number of nitrogens with one attached hydrogen (secondary N) is 1. The Labute approximate surface area is 186 Å². The molecule has 3 aromatic rings. The van der Waals surface area contributed by atoms with Crippen LogP contribution >= 0.6 is 11.3 Å². The van der Waals surface area contributed by atoms with Gasteiger partial charge in [-0.05, 0) is 49.9 Å². The number of nitrogens with zero attached hydrogens (tertiary/aromatic N) is 4. The number of para-hydroxylation sites is 1. The maximum Gasteiger partial charge on any atom is 0.226 e. The third-order valence-electron chi connectivity index (χ3n) is 5.36. The third-order valence-corrected chi connectivity index (χ3v) is 6.34. The van der Waals surface area contributed by atoms with E-state index < -0.39 is 0 Å². The van der Waals surface area contributed by atoms with E-state index in [-0.39, 0.29) is 11.9 Å². The fourth-order valence-electron chi connectivity index (χ4n) is 3.75. The average molecular weight is 438 g/mol. The molecular weight excluding hydrogens is 410 g/mol. The molecule has 0 spiro atoms. The predicted molar refractivity (Wildman–Crippen MR) is 122 cm³/mol. The van der Waals surface area contributed by atoms with E-state index >= 15 is 0 Å². The number of hydrogen-bond acceptors (Lipinski definition) is 7. The fraction of sp³-hybridized carbons (Fsp3) is 0.391. The Balaban J connectivity index is 1.38. The molecule has 162 valence electrons. The first kappa shape index (κ1) is 21.2. The van der Waals surface area contributed by atoms with Crippen molar-refractivity contribution in [2.24, 2.45) is 0 Å². The van der Waals surface area contributed by atoms with Crippen LogP contribution in [0.1, 0.15) is 48.5 Å². The first-order valence-corrected chi connectivity index (χ1v) is 11.5. The number of benzene rings is 1. The van der Waals surface area contributed by atoms with Crippen LogP contribution in [0.5, 0.6) is 5.75 Å². The number of pyridine rings is 1. The van der Waals surface area contributed by atoms with Gasteiger partial charge in [-0.3, -0.25) is 4.79 Å². The molecule has 0 bridgehead atoms. The highest BCUT2D eigenvalue weighted by Gasteiger charge is 2.30. The Morgan fingerprint density at radius 3 is 2.90 bits per heavy atom. The SMILES string of the molecule is CCc1nnc(Nc2cccc([C@H]3CCCN3C(=O)CCOc3ccccc3C)n2)s1. The summed E-state index contributed by atoms with van der Waals surface area (Å²) in [6.45, 7) is 5.19. The van der Waals surface area contributed by atoms with Crippen molar-refractivity contribution in [2.45, 2.75) is 45.6 Å². The zero-order chi connectivity index (χ0) is 21.6. The lowest BCUT2D eigenvalue weighted by Gasteiger charge is -2.25. The zero-order valence-electron chi connectivity index (χ0n) is 17.9. The first-order chi connectivity index (χ1) is 15.1. The number of hydrogen-bond donors (Lipinski definition) is 1. The van der Waals surface area contributed by atoms with Gasteiger partial charge < -0.3 is 15.0 Å². The predicted octanol–water partition coefficient (Wildman–Crippen LogP) is 4.68. The van der Waals surface area contributed by atoms with Crippen LogP contribution in [0.15, 0.2) is 42.5 Å². The molecule has 4 rings (SSSR count). The molecule has 0 saturated carbocycles. The van der Waals surface area contributed by atoms with Gasteiger partial charge in [0.25, 0.3) is 0 Å². The van der Waals surface area contributed by atoms with Crippen LogP contribution < -0.4 is 10.1 Å². The fourth-order valence-corrected chi connectivity index (χ4v) is 4.43. The molecule has 1 aliphatic heterocycles. The van der Waals surface area contributed by atoms with Crippen molar-refractivity contribution < 1.29 is 9.53 Å². The summed E-state index contributed by atoms with van der Waals surface area (Å²) in [4.78, 5) is 19.6. The molecular formula is C23H27N5O2S. The number of anilines is 2. The summed E-state index contributed by atoms with van der Waals surface area (Å²) in [6, 6.07) is 13.7. The average Bonchev–Trinajstić information content (AvgIpc) is 3.45. The minimum absolute atomic E-state index is 0.00617. The van der Waals surface area contributed by atoms with Gasteiger partial charge in [0.1, 0.15) is 16.6 Å². The van der Waals surface area contributed by atoms with Crippen molar-refractivity contribution in [2.75, 3.05) is 18.5 Å². The lowest BCUT2D eigenvalue weighted by atomic mass is 10.1. The van der Waals surface area contributed by atoms with Gasteiger partial charge in [-0.15, -0.1) is 10.2 Å². The van der Waals surface area contributed by atoms with Crippen molar-refractivity contribution >= 4 is 28.2 Å². The maximum atomic E-state index is 12.9. The normalized spacial score (nSPS) is 15.8. The van der Waals surface area contributed by atoms with Crippen molar-refractivity contribution in [3.8, 4) is 5.75 Å². The van der Waals surface area contributed by atoms with E-state index in [0.717, 1.165) is 58.8 Å². The smallest absolute Gasteiger partial charge is 0.226 e. The number of carbonyl (C=O) groups excluding carboxylic acids is 1. The second-order valence-electron chi connectivity index (χ2n) is 7.54. The number of carbonyl (C=O) groups is 1.